The van der Waals surface area contributed by atoms with Gasteiger partial charge in [0.25, 0.3) is 0 Å². The smallest absolute Gasteiger partial charge is 0.315 e. The van der Waals surface area contributed by atoms with E-state index in [1.807, 2.05) is 0 Å². The summed E-state index contributed by atoms with van der Waals surface area (Å²) in [5, 5.41) is 7.28. The summed E-state index contributed by atoms with van der Waals surface area (Å²) in [5.74, 6) is -6.75. The molecule has 4 rings (SSSR count). The van der Waals surface area contributed by atoms with E-state index in [1.54, 1.807) is 4.90 Å². The first-order valence-corrected chi connectivity index (χ1v) is 10.1. The Morgan fingerprint density at radius 1 is 1.06 bits per heavy atom. The normalized spacial score (nSPS) is 25.7. The van der Waals surface area contributed by atoms with Gasteiger partial charge in [-0.3, -0.25) is 14.9 Å². The fraction of sp³-hybridized carbons (Fsp3) is 0.550. The molecule has 11 heteroatoms. The Labute approximate surface area is 175 Å². The highest BCUT2D eigenvalue weighted by Crippen LogP contribution is 2.35. The van der Waals surface area contributed by atoms with Crippen LogP contribution in [0.5, 0.6) is 0 Å². The number of amides is 4. The zero-order valence-corrected chi connectivity index (χ0v) is 16.5. The maximum absolute atomic E-state index is 14.6. The molecule has 31 heavy (non-hydrogen) atoms. The zero-order valence-electron chi connectivity index (χ0n) is 16.5. The molecule has 1 aromatic carbocycles. The number of hydrogen-bond donors (Lipinski definition) is 3. The fourth-order valence-electron chi connectivity index (χ4n) is 4.32. The molecule has 2 heterocycles. The van der Waals surface area contributed by atoms with Gasteiger partial charge in [0.1, 0.15) is 11.6 Å². The van der Waals surface area contributed by atoms with Crippen molar-refractivity contribution < 1.29 is 31.9 Å². The summed E-state index contributed by atoms with van der Waals surface area (Å²) in [6, 6.07) is 0.841. The summed E-state index contributed by atoms with van der Waals surface area (Å²) in [6.07, 6.45) is -0.363. The van der Waals surface area contributed by atoms with Gasteiger partial charge in [-0.05, 0) is 25.0 Å². The van der Waals surface area contributed by atoms with Crippen LogP contribution in [0.25, 0.3) is 0 Å². The zero-order chi connectivity index (χ0) is 22.3. The van der Waals surface area contributed by atoms with Crippen molar-refractivity contribution in [3.05, 3.63) is 29.3 Å². The lowest BCUT2D eigenvalue weighted by Crippen LogP contribution is -2.61. The molecule has 0 bridgehead atoms. The number of nitrogens with zero attached hydrogens (tertiary/aromatic N) is 1. The van der Waals surface area contributed by atoms with E-state index in [1.165, 1.54) is 0 Å². The number of benzene rings is 1. The number of rotatable bonds is 4. The van der Waals surface area contributed by atoms with E-state index < -0.39 is 47.4 Å². The van der Waals surface area contributed by atoms with Gasteiger partial charge in [-0.1, -0.05) is 0 Å². The van der Waals surface area contributed by atoms with Crippen molar-refractivity contribution in [1.82, 2.24) is 16.0 Å². The summed E-state index contributed by atoms with van der Waals surface area (Å²) < 4.78 is 55.6. The standard InChI is InChI=1S/C20H22F4N4O3/c21-14-5-12(6-15(22)17(14)13-1-2-16(29)27-18(13)30)28-8-11(9-28)26-19(31)25-10-3-4-20(23,24)7-10/h5-6,10-11,13H,1-4,7-9H2,(H2,25,26,31)(H,27,29,30)/t10-,13?/m1/s1. The van der Waals surface area contributed by atoms with Crippen molar-refractivity contribution in [2.75, 3.05) is 18.0 Å². The largest absolute Gasteiger partial charge is 0.367 e. The third-order valence-electron chi connectivity index (χ3n) is 5.97. The number of carbonyl (C=O) groups excluding carboxylic acids is 3. The molecule has 4 amide bonds. The van der Waals surface area contributed by atoms with E-state index >= 15 is 0 Å². The van der Waals surface area contributed by atoms with Crippen molar-refractivity contribution in [2.24, 2.45) is 0 Å². The second-order valence-electron chi connectivity index (χ2n) is 8.34. The molecule has 3 fully saturated rings. The SMILES string of the molecule is O=C1CCC(c2c(F)cc(N3CC(NC(=O)N[C@@H]4CCC(F)(F)C4)C3)cc2F)C(=O)N1. The minimum atomic E-state index is -2.75. The number of piperidine rings is 1. The monoisotopic (exact) mass is 442 g/mol. The third-order valence-corrected chi connectivity index (χ3v) is 5.97. The maximum Gasteiger partial charge on any atom is 0.315 e. The van der Waals surface area contributed by atoms with E-state index in [4.69, 9.17) is 0 Å². The Kier molecular flexibility index (Phi) is 5.52. The van der Waals surface area contributed by atoms with E-state index in [2.05, 4.69) is 16.0 Å². The Morgan fingerprint density at radius 2 is 1.71 bits per heavy atom. The van der Waals surface area contributed by atoms with Gasteiger partial charge in [0.05, 0.1) is 12.0 Å². The van der Waals surface area contributed by atoms with Crippen LogP contribution < -0.4 is 20.9 Å². The topological polar surface area (TPSA) is 90.5 Å². The molecule has 3 N–H and O–H groups in total. The number of halogens is 4. The van der Waals surface area contributed by atoms with Gasteiger partial charge in [0, 0.05) is 49.6 Å². The minimum Gasteiger partial charge on any atom is -0.367 e. The molecule has 1 unspecified atom stereocenters. The van der Waals surface area contributed by atoms with Crippen LogP contribution >= 0.6 is 0 Å². The van der Waals surface area contributed by atoms with E-state index in [-0.39, 0.29) is 49.4 Å². The van der Waals surface area contributed by atoms with Crippen LogP contribution in [0.3, 0.4) is 0 Å². The molecule has 0 radical (unpaired) electrons. The van der Waals surface area contributed by atoms with Gasteiger partial charge in [-0.25, -0.2) is 22.4 Å². The van der Waals surface area contributed by atoms with Gasteiger partial charge in [-0.2, -0.15) is 0 Å². The number of alkyl halides is 2. The molecule has 1 saturated carbocycles. The summed E-state index contributed by atoms with van der Waals surface area (Å²) in [7, 11) is 0. The summed E-state index contributed by atoms with van der Waals surface area (Å²) in [4.78, 5) is 36.8. The number of imide groups is 1. The third kappa shape index (κ3) is 4.59. The number of anilines is 1. The summed E-state index contributed by atoms with van der Waals surface area (Å²) in [6.45, 7) is 0.593. The van der Waals surface area contributed by atoms with Gasteiger partial charge in [-0.15, -0.1) is 0 Å². The Balaban J connectivity index is 1.32. The highest BCUT2D eigenvalue weighted by atomic mass is 19.3. The molecule has 168 valence electrons. The summed E-state index contributed by atoms with van der Waals surface area (Å²) in [5.41, 5.74) is -0.100. The van der Waals surface area contributed by atoms with Crippen molar-refractivity contribution in [3.8, 4) is 0 Å². The predicted molar refractivity (Wildman–Crippen MR) is 102 cm³/mol. The molecule has 2 saturated heterocycles. The Bertz CT molecular complexity index is 897. The molecule has 0 aromatic heterocycles. The lowest BCUT2D eigenvalue weighted by Gasteiger charge is -2.41. The first kappa shape index (κ1) is 21.4. The molecule has 7 nitrogen and oxygen atoms in total. The number of carbonyl (C=O) groups is 3. The highest BCUT2D eigenvalue weighted by Gasteiger charge is 2.40. The van der Waals surface area contributed by atoms with Crippen LogP contribution in [0.2, 0.25) is 0 Å². The molecule has 2 aliphatic heterocycles. The lowest BCUT2D eigenvalue weighted by molar-refractivity contribution is -0.134. The van der Waals surface area contributed by atoms with Crippen molar-refractivity contribution in [1.29, 1.82) is 0 Å². The number of nitrogens with one attached hydrogen (secondary N) is 3. The first-order valence-electron chi connectivity index (χ1n) is 10.1. The molecular weight excluding hydrogens is 420 g/mol. The molecule has 3 aliphatic rings. The Hall–Kier alpha value is -2.85. The number of urea groups is 1. The van der Waals surface area contributed by atoms with Crippen LogP contribution in [-0.4, -0.2) is 48.9 Å². The summed E-state index contributed by atoms with van der Waals surface area (Å²) >= 11 is 0. The second kappa shape index (κ2) is 8.01. The Morgan fingerprint density at radius 3 is 2.29 bits per heavy atom. The molecule has 1 aromatic rings. The second-order valence-corrected chi connectivity index (χ2v) is 8.34. The lowest BCUT2D eigenvalue weighted by atomic mass is 9.89. The molecule has 2 atom stereocenters. The van der Waals surface area contributed by atoms with E-state index in [0.29, 0.717) is 13.1 Å². The van der Waals surface area contributed by atoms with Crippen LogP contribution in [0.1, 0.15) is 43.6 Å². The first-order chi connectivity index (χ1) is 14.6. The van der Waals surface area contributed by atoms with Crippen LogP contribution in [0.4, 0.5) is 28.0 Å². The molecular formula is C20H22F4N4O3. The van der Waals surface area contributed by atoms with Crippen molar-refractivity contribution >= 4 is 23.5 Å². The van der Waals surface area contributed by atoms with Crippen molar-refractivity contribution in [2.45, 2.75) is 56.0 Å². The van der Waals surface area contributed by atoms with Gasteiger partial charge in [0.15, 0.2) is 0 Å². The van der Waals surface area contributed by atoms with Crippen LogP contribution in [0.15, 0.2) is 12.1 Å². The molecule has 1 aliphatic carbocycles. The average Bonchev–Trinajstić information content (AvgIpc) is 2.97. The number of hydrogen-bond acceptors (Lipinski definition) is 4. The van der Waals surface area contributed by atoms with Gasteiger partial charge >= 0.3 is 6.03 Å². The van der Waals surface area contributed by atoms with Gasteiger partial charge < -0.3 is 15.5 Å². The molecule has 0 spiro atoms. The van der Waals surface area contributed by atoms with Gasteiger partial charge in [0.2, 0.25) is 17.7 Å². The maximum atomic E-state index is 14.6. The van der Waals surface area contributed by atoms with Crippen molar-refractivity contribution in [3.63, 3.8) is 0 Å². The van der Waals surface area contributed by atoms with Crippen LogP contribution in [-0.2, 0) is 9.59 Å². The fourth-order valence-corrected chi connectivity index (χ4v) is 4.32. The van der Waals surface area contributed by atoms with E-state index in [0.717, 1.165) is 12.1 Å². The van der Waals surface area contributed by atoms with Crippen LogP contribution in [0, 0.1) is 11.6 Å². The average molecular weight is 442 g/mol. The predicted octanol–water partition coefficient (Wildman–Crippen LogP) is 2.16. The minimum absolute atomic E-state index is 0.0110. The highest BCUT2D eigenvalue weighted by molar-refractivity contribution is 6.01. The van der Waals surface area contributed by atoms with E-state index in [9.17, 15) is 31.9 Å². The quantitative estimate of drug-likeness (QED) is 0.493.